The van der Waals surface area contributed by atoms with Gasteiger partial charge in [0.25, 0.3) is 11.8 Å². The quantitative estimate of drug-likeness (QED) is 0.836. The van der Waals surface area contributed by atoms with E-state index in [-0.39, 0.29) is 24.0 Å². The molecule has 1 aliphatic rings. The minimum Gasteiger partial charge on any atom is -0.383 e. The Balaban J connectivity index is 1.96. The van der Waals surface area contributed by atoms with Crippen molar-refractivity contribution < 1.29 is 19.1 Å². The van der Waals surface area contributed by atoms with E-state index in [4.69, 9.17) is 9.47 Å². The Morgan fingerprint density at radius 3 is 2.95 bits per heavy atom. The van der Waals surface area contributed by atoms with Crippen LogP contribution in [0, 0.1) is 0 Å². The van der Waals surface area contributed by atoms with Gasteiger partial charge in [-0.3, -0.25) is 9.59 Å². The average molecular weight is 306 g/mol. The van der Waals surface area contributed by atoms with Gasteiger partial charge in [-0.1, -0.05) is 6.07 Å². The fourth-order valence-electron chi connectivity index (χ4n) is 2.34. The smallest absolute Gasteiger partial charge is 0.253 e. The van der Waals surface area contributed by atoms with Gasteiger partial charge in [-0.25, -0.2) is 0 Å². The van der Waals surface area contributed by atoms with Crippen LogP contribution in [0.4, 0.5) is 5.69 Å². The van der Waals surface area contributed by atoms with Crippen LogP contribution in [-0.4, -0.2) is 44.3 Å². The third-order valence-electron chi connectivity index (χ3n) is 3.41. The summed E-state index contributed by atoms with van der Waals surface area (Å²) in [4.78, 5) is 24.1. The van der Waals surface area contributed by atoms with Gasteiger partial charge < -0.3 is 20.1 Å². The van der Waals surface area contributed by atoms with E-state index in [0.29, 0.717) is 24.5 Å². The van der Waals surface area contributed by atoms with Crippen LogP contribution in [0.5, 0.6) is 0 Å². The number of benzene rings is 1. The van der Waals surface area contributed by atoms with E-state index in [9.17, 15) is 9.59 Å². The van der Waals surface area contributed by atoms with E-state index in [1.807, 2.05) is 6.92 Å². The zero-order valence-electron chi connectivity index (χ0n) is 12.9. The summed E-state index contributed by atoms with van der Waals surface area (Å²) >= 11 is 0. The van der Waals surface area contributed by atoms with Crippen LogP contribution in [0.3, 0.4) is 0 Å². The fourth-order valence-corrected chi connectivity index (χ4v) is 2.34. The van der Waals surface area contributed by atoms with E-state index in [1.54, 1.807) is 31.4 Å². The van der Waals surface area contributed by atoms with E-state index >= 15 is 0 Å². The number of carbonyl (C=O) groups excluding carboxylic acids is 2. The van der Waals surface area contributed by atoms with Crippen molar-refractivity contribution in [3.05, 3.63) is 29.8 Å². The largest absolute Gasteiger partial charge is 0.383 e. The molecule has 2 atom stereocenters. The molecule has 0 spiro atoms. The Bertz CT molecular complexity index is 527. The molecule has 2 N–H and O–H groups in total. The molecule has 1 aromatic carbocycles. The molecule has 0 aromatic heterocycles. The molecule has 0 aliphatic carbocycles. The third kappa shape index (κ3) is 4.54. The molecule has 1 heterocycles. The summed E-state index contributed by atoms with van der Waals surface area (Å²) in [5.74, 6) is -0.361. The third-order valence-corrected chi connectivity index (χ3v) is 3.41. The maximum Gasteiger partial charge on any atom is 0.253 e. The summed E-state index contributed by atoms with van der Waals surface area (Å²) in [5.41, 5.74) is 1.08. The summed E-state index contributed by atoms with van der Waals surface area (Å²) < 4.78 is 10.3. The summed E-state index contributed by atoms with van der Waals surface area (Å²) in [6, 6.07) is 6.77. The van der Waals surface area contributed by atoms with E-state index in [0.717, 1.165) is 12.8 Å². The first-order valence-corrected chi connectivity index (χ1v) is 7.42. The molecule has 1 saturated heterocycles. The average Bonchev–Trinajstić information content (AvgIpc) is 3.02. The molecular weight excluding hydrogens is 284 g/mol. The van der Waals surface area contributed by atoms with Gasteiger partial charge in [0.15, 0.2) is 0 Å². The number of amides is 2. The standard InChI is InChI=1S/C16H22N2O4/c1-11(10-21-2)17-15(19)12-5-3-6-13(9-12)18-16(20)14-7-4-8-22-14/h3,5-6,9,11,14H,4,7-8,10H2,1-2H3,(H,17,19)(H,18,20). The Morgan fingerprint density at radius 1 is 1.45 bits per heavy atom. The minimum absolute atomic E-state index is 0.0809. The predicted molar refractivity (Wildman–Crippen MR) is 82.8 cm³/mol. The summed E-state index contributed by atoms with van der Waals surface area (Å²) in [7, 11) is 1.59. The van der Waals surface area contributed by atoms with E-state index in [1.165, 1.54) is 0 Å². The first-order chi connectivity index (χ1) is 10.6. The highest BCUT2D eigenvalue weighted by Crippen LogP contribution is 2.16. The number of hydrogen-bond acceptors (Lipinski definition) is 4. The van der Waals surface area contributed by atoms with Gasteiger partial charge in [0, 0.05) is 31.0 Å². The van der Waals surface area contributed by atoms with Crippen LogP contribution in [0.15, 0.2) is 24.3 Å². The van der Waals surface area contributed by atoms with Crippen LogP contribution in [0.2, 0.25) is 0 Å². The Labute approximate surface area is 130 Å². The van der Waals surface area contributed by atoms with Gasteiger partial charge in [0.1, 0.15) is 6.10 Å². The van der Waals surface area contributed by atoms with Gasteiger partial charge in [-0.15, -0.1) is 0 Å². The highest BCUT2D eigenvalue weighted by Gasteiger charge is 2.23. The maximum absolute atomic E-state index is 12.1. The summed E-state index contributed by atoms with van der Waals surface area (Å²) in [5, 5.41) is 5.62. The van der Waals surface area contributed by atoms with Crippen LogP contribution >= 0.6 is 0 Å². The van der Waals surface area contributed by atoms with Crippen molar-refractivity contribution >= 4 is 17.5 Å². The molecular formula is C16H22N2O4. The molecule has 22 heavy (non-hydrogen) atoms. The van der Waals surface area contributed by atoms with Crippen LogP contribution in [0.1, 0.15) is 30.1 Å². The second-order valence-corrected chi connectivity index (χ2v) is 5.40. The lowest BCUT2D eigenvalue weighted by atomic mass is 10.1. The first kappa shape index (κ1) is 16.5. The van der Waals surface area contributed by atoms with E-state index < -0.39 is 0 Å². The Morgan fingerprint density at radius 2 is 2.27 bits per heavy atom. The molecule has 1 fully saturated rings. The van der Waals surface area contributed by atoms with Gasteiger partial charge in [0.2, 0.25) is 0 Å². The Kier molecular flexibility index (Phi) is 5.91. The molecule has 0 saturated carbocycles. The van der Waals surface area contributed by atoms with Crippen molar-refractivity contribution in [2.75, 3.05) is 25.6 Å². The monoisotopic (exact) mass is 306 g/mol. The zero-order valence-corrected chi connectivity index (χ0v) is 12.9. The number of hydrogen-bond donors (Lipinski definition) is 2. The lowest BCUT2D eigenvalue weighted by Gasteiger charge is -2.14. The second kappa shape index (κ2) is 7.91. The molecule has 2 amide bonds. The molecule has 0 radical (unpaired) electrons. The number of anilines is 1. The Hall–Kier alpha value is -1.92. The molecule has 0 bridgehead atoms. The summed E-state index contributed by atoms with van der Waals surface area (Å²) in [6.45, 7) is 2.93. The number of ether oxygens (including phenoxy) is 2. The molecule has 2 rings (SSSR count). The molecule has 120 valence electrons. The molecule has 1 aromatic rings. The van der Waals surface area contributed by atoms with Gasteiger partial charge in [-0.2, -0.15) is 0 Å². The number of rotatable bonds is 6. The normalized spacial score (nSPS) is 18.7. The molecule has 2 unspecified atom stereocenters. The lowest BCUT2D eigenvalue weighted by Crippen LogP contribution is -2.35. The topological polar surface area (TPSA) is 76.7 Å². The first-order valence-electron chi connectivity index (χ1n) is 7.42. The lowest BCUT2D eigenvalue weighted by molar-refractivity contribution is -0.124. The zero-order chi connectivity index (χ0) is 15.9. The minimum atomic E-state index is -0.390. The van der Waals surface area contributed by atoms with Crippen molar-refractivity contribution in [1.82, 2.24) is 5.32 Å². The van der Waals surface area contributed by atoms with Crippen molar-refractivity contribution in [3.63, 3.8) is 0 Å². The number of carbonyl (C=O) groups is 2. The molecule has 1 aliphatic heterocycles. The van der Waals surface area contributed by atoms with Crippen molar-refractivity contribution in [2.24, 2.45) is 0 Å². The van der Waals surface area contributed by atoms with Crippen molar-refractivity contribution in [3.8, 4) is 0 Å². The number of nitrogens with one attached hydrogen (secondary N) is 2. The van der Waals surface area contributed by atoms with Crippen LogP contribution in [-0.2, 0) is 14.3 Å². The SMILES string of the molecule is COCC(C)NC(=O)c1cccc(NC(=O)C2CCCO2)c1. The predicted octanol–water partition coefficient (Wildman–Crippen LogP) is 1.57. The van der Waals surface area contributed by atoms with Crippen molar-refractivity contribution in [2.45, 2.75) is 31.9 Å². The van der Waals surface area contributed by atoms with Gasteiger partial charge >= 0.3 is 0 Å². The van der Waals surface area contributed by atoms with Crippen LogP contribution in [0.25, 0.3) is 0 Å². The summed E-state index contributed by atoms with van der Waals surface area (Å²) in [6.07, 6.45) is 1.25. The van der Waals surface area contributed by atoms with Crippen molar-refractivity contribution in [1.29, 1.82) is 0 Å². The van der Waals surface area contributed by atoms with Gasteiger partial charge in [0.05, 0.1) is 6.61 Å². The van der Waals surface area contributed by atoms with E-state index in [2.05, 4.69) is 10.6 Å². The second-order valence-electron chi connectivity index (χ2n) is 5.40. The molecule has 6 nitrogen and oxygen atoms in total. The highest BCUT2D eigenvalue weighted by atomic mass is 16.5. The molecule has 6 heteroatoms. The highest BCUT2D eigenvalue weighted by molar-refractivity contribution is 5.98. The van der Waals surface area contributed by atoms with Gasteiger partial charge in [-0.05, 0) is 38.0 Å². The maximum atomic E-state index is 12.1. The van der Waals surface area contributed by atoms with Crippen LogP contribution < -0.4 is 10.6 Å². The fraction of sp³-hybridized carbons (Fsp3) is 0.500. The number of methoxy groups -OCH3 is 1.